The number of nitrogens with zero attached hydrogens (tertiary/aromatic N) is 2. The van der Waals surface area contributed by atoms with Crippen molar-refractivity contribution in [3.05, 3.63) is 33.1 Å². The van der Waals surface area contributed by atoms with Gasteiger partial charge in [-0.1, -0.05) is 0 Å². The van der Waals surface area contributed by atoms with E-state index in [9.17, 15) is 9.18 Å². The number of benzene rings is 1. The summed E-state index contributed by atoms with van der Waals surface area (Å²) in [6.45, 7) is 3.90. The van der Waals surface area contributed by atoms with Crippen molar-refractivity contribution in [2.45, 2.75) is 12.8 Å². The highest BCUT2D eigenvalue weighted by molar-refractivity contribution is 14.1. The first-order valence-corrected chi connectivity index (χ1v) is 7.58. The summed E-state index contributed by atoms with van der Waals surface area (Å²) in [7, 11) is 1.80. The first-order chi connectivity index (χ1) is 9.08. The van der Waals surface area contributed by atoms with Crippen LogP contribution >= 0.6 is 22.6 Å². The Bertz CT molecular complexity index is 461. The van der Waals surface area contributed by atoms with Crippen LogP contribution in [-0.4, -0.2) is 48.9 Å². The number of hydrogen-bond donors (Lipinski definition) is 0. The summed E-state index contributed by atoms with van der Waals surface area (Å²) in [5.74, 6) is -0.343. The molecule has 0 N–H and O–H groups in total. The molecule has 104 valence electrons. The van der Waals surface area contributed by atoms with Crippen molar-refractivity contribution in [3.63, 3.8) is 0 Å². The Morgan fingerprint density at radius 2 is 2.11 bits per heavy atom. The van der Waals surface area contributed by atoms with Crippen LogP contribution in [0.3, 0.4) is 0 Å². The van der Waals surface area contributed by atoms with E-state index in [1.165, 1.54) is 25.0 Å². The minimum Gasteiger partial charge on any atom is -0.340 e. The molecule has 1 fully saturated rings. The second kappa shape index (κ2) is 6.65. The van der Waals surface area contributed by atoms with Crippen molar-refractivity contribution in [1.82, 2.24) is 9.80 Å². The SMILES string of the molecule is CN(CCN1CCCC1)C(=O)c1ccc(F)cc1I. The van der Waals surface area contributed by atoms with Crippen molar-refractivity contribution in [1.29, 1.82) is 0 Å². The summed E-state index contributed by atoms with van der Waals surface area (Å²) in [5.41, 5.74) is 0.575. The van der Waals surface area contributed by atoms with Crippen molar-refractivity contribution < 1.29 is 9.18 Å². The van der Waals surface area contributed by atoms with Gasteiger partial charge in [-0.3, -0.25) is 4.79 Å². The van der Waals surface area contributed by atoms with E-state index in [2.05, 4.69) is 4.90 Å². The predicted octanol–water partition coefficient (Wildman–Crippen LogP) is 2.60. The molecule has 0 unspecified atom stereocenters. The van der Waals surface area contributed by atoms with E-state index in [-0.39, 0.29) is 11.7 Å². The average Bonchev–Trinajstić information content (AvgIpc) is 2.88. The molecule has 1 aromatic carbocycles. The van der Waals surface area contributed by atoms with Crippen LogP contribution in [0.1, 0.15) is 23.2 Å². The van der Waals surface area contributed by atoms with Crippen LogP contribution in [0.15, 0.2) is 18.2 Å². The summed E-state index contributed by atoms with van der Waals surface area (Å²) in [6.07, 6.45) is 2.51. The van der Waals surface area contributed by atoms with Gasteiger partial charge in [0.05, 0.1) is 5.56 Å². The lowest BCUT2D eigenvalue weighted by atomic mass is 10.2. The molecular formula is C14H18FIN2O. The van der Waals surface area contributed by atoms with Gasteiger partial charge in [0.1, 0.15) is 5.82 Å². The minimum absolute atomic E-state index is 0.0383. The number of likely N-dealkylation sites (tertiary alicyclic amines) is 1. The molecule has 1 aromatic rings. The van der Waals surface area contributed by atoms with Crippen LogP contribution in [-0.2, 0) is 0 Å². The van der Waals surface area contributed by atoms with Crippen molar-refractivity contribution in [2.75, 3.05) is 33.2 Å². The monoisotopic (exact) mass is 376 g/mol. The van der Waals surface area contributed by atoms with E-state index >= 15 is 0 Å². The fraction of sp³-hybridized carbons (Fsp3) is 0.500. The number of carbonyl (C=O) groups is 1. The molecule has 3 nitrogen and oxygen atoms in total. The van der Waals surface area contributed by atoms with Gasteiger partial charge in [0, 0.05) is 23.7 Å². The molecule has 1 saturated heterocycles. The summed E-state index contributed by atoms with van der Waals surface area (Å²) in [6, 6.07) is 4.29. The maximum Gasteiger partial charge on any atom is 0.254 e. The second-order valence-corrected chi connectivity index (χ2v) is 6.06. The predicted molar refractivity (Wildman–Crippen MR) is 81.8 cm³/mol. The molecule has 0 aromatic heterocycles. The van der Waals surface area contributed by atoms with Crippen LogP contribution in [0.2, 0.25) is 0 Å². The molecule has 0 aliphatic carbocycles. The van der Waals surface area contributed by atoms with Gasteiger partial charge in [0.25, 0.3) is 5.91 Å². The smallest absolute Gasteiger partial charge is 0.254 e. The molecule has 0 saturated carbocycles. The zero-order valence-electron chi connectivity index (χ0n) is 11.0. The van der Waals surface area contributed by atoms with Crippen LogP contribution < -0.4 is 0 Å². The number of carbonyl (C=O) groups excluding carboxylic acids is 1. The van der Waals surface area contributed by atoms with E-state index in [1.807, 2.05) is 22.6 Å². The third kappa shape index (κ3) is 3.89. The lowest BCUT2D eigenvalue weighted by Crippen LogP contribution is -2.35. The molecular weight excluding hydrogens is 358 g/mol. The number of likely N-dealkylation sites (N-methyl/N-ethyl adjacent to an activating group) is 1. The minimum atomic E-state index is -0.305. The zero-order chi connectivity index (χ0) is 13.8. The molecule has 1 heterocycles. The van der Waals surface area contributed by atoms with E-state index in [0.29, 0.717) is 15.7 Å². The lowest BCUT2D eigenvalue weighted by Gasteiger charge is -2.22. The Morgan fingerprint density at radius 1 is 1.42 bits per heavy atom. The first-order valence-electron chi connectivity index (χ1n) is 6.51. The molecule has 19 heavy (non-hydrogen) atoms. The molecule has 2 rings (SSSR count). The summed E-state index contributed by atoms with van der Waals surface area (Å²) in [4.78, 5) is 16.4. The van der Waals surface area contributed by atoms with Gasteiger partial charge in [-0.25, -0.2) is 4.39 Å². The van der Waals surface area contributed by atoms with Gasteiger partial charge >= 0.3 is 0 Å². The van der Waals surface area contributed by atoms with Gasteiger partial charge in [0.2, 0.25) is 0 Å². The zero-order valence-corrected chi connectivity index (χ0v) is 13.2. The second-order valence-electron chi connectivity index (χ2n) is 4.90. The molecule has 1 aliphatic rings. The topological polar surface area (TPSA) is 23.6 Å². The Kier molecular flexibility index (Phi) is 5.15. The molecule has 5 heteroatoms. The summed E-state index contributed by atoms with van der Waals surface area (Å²) < 4.78 is 13.7. The third-order valence-corrected chi connectivity index (χ3v) is 4.35. The number of halogens is 2. The van der Waals surface area contributed by atoms with Crippen LogP contribution in [0.5, 0.6) is 0 Å². The quantitative estimate of drug-likeness (QED) is 0.755. The Balaban J connectivity index is 1.94. The summed E-state index contributed by atoms with van der Waals surface area (Å²) in [5, 5.41) is 0. The average molecular weight is 376 g/mol. The number of amides is 1. The molecule has 0 spiro atoms. The molecule has 1 amide bonds. The van der Waals surface area contributed by atoms with Crippen LogP contribution in [0, 0.1) is 9.39 Å². The number of hydrogen-bond acceptors (Lipinski definition) is 2. The van der Waals surface area contributed by atoms with E-state index in [1.54, 1.807) is 18.0 Å². The maximum absolute atomic E-state index is 13.0. The number of rotatable bonds is 4. The van der Waals surface area contributed by atoms with Gasteiger partial charge < -0.3 is 9.80 Å². The van der Waals surface area contributed by atoms with Crippen LogP contribution in [0.4, 0.5) is 4.39 Å². The van der Waals surface area contributed by atoms with Crippen molar-refractivity contribution >= 4 is 28.5 Å². The Labute approximate surface area is 126 Å². The van der Waals surface area contributed by atoms with E-state index < -0.39 is 0 Å². The van der Waals surface area contributed by atoms with Gasteiger partial charge in [-0.05, 0) is 66.7 Å². The summed E-state index contributed by atoms with van der Waals surface area (Å²) >= 11 is 2.00. The highest BCUT2D eigenvalue weighted by Gasteiger charge is 2.17. The molecule has 0 radical (unpaired) electrons. The Morgan fingerprint density at radius 3 is 2.74 bits per heavy atom. The highest BCUT2D eigenvalue weighted by Crippen LogP contribution is 2.16. The van der Waals surface area contributed by atoms with Gasteiger partial charge in [-0.15, -0.1) is 0 Å². The third-order valence-electron chi connectivity index (χ3n) is 3.46. The molecule has 0 atom stereocenters. The normalized spacial score (nSPS) is 15.7. The molecule has 0 bridgehead atoms. The van der Waals surface area contributed by atoms with Crippen LogP contribution in [0.25, 0.3) is 0 Å². The fourth-order valence-corrected chi connectivity index (χ4v) is 2.98. The van der Waals surface area contributed by atoms with Gasteiger partial charge in [-0.2, -0.15) is 0 Å². The fourth-order valence-electron chi connectivity index (χ4n) is 2.27. The lowest BCUT2D eigenvalue weighted by molar-refractivity contribution is 0.0781. The van der Waals surface area contributed by atoms with E-state index in [0.717, 1.165) is 19.6 Å². The van der Waals surface area contributed by atoms with Gasteiger partial charge in [0.15, 0.2) is 0 Å². The Hall–Kier alpha value is -0.690. The van der Waals surface area contributed by atoms with Crippen molar-refractivity contribution in [2.24, 2.45) is 0 Å². The standard InChI is InChI=1S/C14H18FIN2O/c1-17(8-9-18-6-2-3-7-18)14(19)12-5-4-11(15)10-13(12)16/h4-5,10H,2-3,6-9H2,1H3. The van der Waals surface area contributed by atoms with E-state index in [4.69, 9.17) is 0 Å². The first kappa shape index (κ1) is 14.7. The molecule has 1 aliphatic heterocycles. The van der Waals surface area contributed by atoms with Crippen molar-refractivity contribution in [3.8, 4) is 0 Å². The maximum atomic E-state index is 13.0. The largest absolute Gasteiger partial charge is 0.340 e. The highest BCUT2D eigenvalue weighted by atomic mass is 127.